The molecule has 1 aliphatic heterocycles. The zero-order valence-electron chi connectivity index (χ0n) is 11.7. The number of anilines is 3. The van der Waals surface area contributed by atoms with Crippen LogP contribution in [0.4, 0.5) is 17.8 Å². The molecule has 3 rings (SSSR count). The van der Waals surface area contributed by atoms with Gasteiger partial charge in [0.25, 0.3) is 0 Å². The largest absolute Gasteiger partial charge is 0.357 e. The van der Waals surface area contributed by atoms with Crippen molar-refractivity contribution in [1.29, 1.82) is 0 Å². The second-order valence-corrected chi connectivity index (χ2v) is 5.58. The summed E-state index contributed by atoms with van der Waals surface area (Å²) in [5, 5.41) is 6.36. The third-order valence-corrected chi connectivity index (χ3v) is 4.03. The zero-order chi connectivity index (χ0) is 13.2. The van der Waals surface area contributed by atoms with Crippen LogP contribution in [0.1, 0.15) is 26.2 Å². The molecule has 6 nitrogen and oxygen atoms in total. The van der Waals surface area contributed by atoms with Crippen molar-refractivity contribution < 1.29 is 0 Å². The van der Waals surface area contributed by atoms with Crippen molar-refractivity contribution >= 4 is 17.8 Å². The highest BCUT2D eigenvalue weighted by Gasteiger charge is 2.32. The molecule has 2 aliphatic rings. The second kappa shape index (κ2) is 5.19. The average molecular weight is 262 g/mol. The number of aromatic nitrogens is 3. The van der Waals surface area contributed by atoms with E-state index in [0.29, 0.717) is 11.9 Å². The van der Waals surface area contributed by atoms with E-state index in [-0.39, 0.29) is 0 Å². The monoisotopic (exact) mass is 262 g/mol. The fourth-order valence-electron chi connectivity index (χ4n) is 2.52. The summed E-state index contributed by atoms with van der Waals surface area (Å²) in [6.45, 7) is 5.35. The van der Waals surface area contributed by atoms with Gasteiger partial charge in [0.2, 0.25) is 17.8 Å². The summed E-state index contributed by atoms with van der Waals surface area (Å²) in [4.78, 5) is 15.6. The second-order valence-electron chi connectivity index (χ2n) is 5.58. The summed E-state index contributed by atoms with van der Waals surface area (Å²) in [7, 11) is 1.84. The van der Waals surface area contributed by atoms with Crippen molar-refractivity contribution in [2.24, 2.45) is 11.8 Å². The van der Waals surface area contributed by atoms with Gasteiger partial charge in [0.05, 0.1) is 0 Å². The fourth-order valence-corrected chi connectivity index (χ4v) is 2.52. The van der Waals surface area contributed by atoms with Crippen LogP contribution in [0.15, 0.2) is 0 Å². The molecule has 0 bridgehead atoms. The quantitative estimate of drug-likeness (QED) is 0.840. The van der Waals surface area contributed by atoms with Crippen molar-refractivity contribution in [2.45, 2.75) is 26.2 Å². The Hall–Kier alpha value is -1.59. The van der Waals surface area contributed by atoms with E-state index >= 15 is 0 Å². The maximum absolute atomic E-state index is 4.54. The Morgan fingerprint density at radius 2 is 1.84 bits per heavy atom. The van der Waals surface area contributed by atoms with E-state index in [1.54, 1.807) is 0 Å². The predicted molar refractivity (Wildman–Crippen MR) is 76.6 cm³/mol. The Bertz CT molecular complexity index is 443. The predicted octanol–water partition coefficient (Wildman–Crippen LogP) is 1.58. The van der Waals surface area contributed by atoms with Crippen LogP contribution in [0.25, 0.3) is 0 Å². The Morgan fingerprint density at radius 3 is 2.47 bits per heavy atom. The molecule has 0 spiro atoms. The van der Waals surface area contributed by atoms with Crippen LogP contribution in [0.3, 0.4) is 0 Å². The van der Waals surface area contributed by atoms with Crippen LogP contribution < -0.4 is 15.5 Å². The van der Waals surface area contributed by atoms with E-state index in [9.17, 15) is 0 Å². The molecular formula is C13H22N6. The molecule has 2 unspecified atom stereocenters. The topological polar surface area (TPSA) is 66.0 Å². The van der Waals surface area contributed by atoms with Gasteiger partial charge in [0, 0.05) is 26.7 Å². The molecule has 1 aromatic rings. The third-order valence-electron chi connectivity index (χ3n) is 4.03. The molecule has 1 aliphatic carbocycles. The summed E-state index contributed by atoms with van der Waals surface area (Å²) in [5.41, 5.74) is 0. The zero-order valence-corrected chi connectivity index (χ0v) is 11.7. The number of nitrogens with zero attached hydrogens (tertiary/aromatic N) is 4. The minimum absolute atomic E-state index is 0.642. The van der Waals surface area contributed by atoms with Crippen LogP contribution in [-0.2, 0) is 0 Å². The lowest BCUT2D eigenvalue weighted by molar-refractivity contribution is 0.777. The highest BCUT2D eigenvalue weighted by atomic mass is 15.3. The van der Waals surface area contributed by atoms with Crippen LogP contribution in [-0.4, -0.2) is 41.6 Å². The van der Waals surface area contributed by atoms with Crippen molar-refractivity contribution in [2.75, 3.05) is 42.2 Å². The Balaban J connectivity index is 1.72. The maximum Gasteiger partial charge on any atom is 0.231 e. The van der Waals surface area contributed by atoms with E-state index in [1.807, 2.05) is 7.05 Å². The first-order valence-electron chi connectivity index (χ1n) is 7.19. The highest BCUT2D eigenvalue weighted by Crippen LogP contribution is 2.37. The van der Waals surface area contributed by atoms with Crippen molar-refractivity contribution in [1.82, 2.24) is 15.0 Å². The van der Waals surface area contributed by atoms with Gasteiger partial charge in [-0.3, -0.25) is 0 Å². The van der Waals surface area contributed by atoms with Crippen LogP contribution in [0, 0.1) is 11.8 Å². The molecule has 19 heavy (non-hydrogen) atoms. The van der Waals surface area contributed by atoms with E-state index in [0.717, 1.165) is 37.4 Å². The minimum atomic E-state index is 0.642. The molecule has 1 saturated heterocycles. The minimum Gasteiger partial charge on any atom is -0.357 e. The van der Waals surface area contributed by atoms with Gasteiger partial charge in [0.15, 0.2) is 0 Å². The normalized spacial score (nSPS) is 25.5. The van der Waals surface area contributed by atoms with Gasteiger partial charge in [0.1, 0.15) is 0 Å². The number of nitrogens with one attached hydrogen (secondary N) is 2. The van der Waals surface area contributed by atoms with E-state index in [1.165, 1.54) is 19.3 Å². The number of hydrogen-bond donors (Lipinski definition) is 2. The van der Waals surface area contributed by atoms with Crippen molar-refractivity contribution in [3.63, 3.8) is 0 Å². The summed E-state index contributed by atoms with van der Waals surface area (Å²) in [6, 6.07) is 0. The molecule has 1 saturated carbocycles. The molecular weight excluding hydrogens is 240 g/mol. The van der Waals surface area contributed by atoms with Crippen molar-refractivity contribution in [3.8, 4) is 0 Å². The maximum atomic E-state index is 4.54. The lowest BCUT2D eigenvalue weighted by Gasteiger charge is -2.16. The molecule has 6 heteroatoms. The standard InChI is InChI=1S/C13H22N6/c1-9-7-10(9)8-15-12-16-11(14-2)17-13(18-12)19-5-3-4-6-19/h9-10H,3-8H2,1-2H3,(H2,14,15,16,17,18). The van der Waals surface area contributed by atoms with Crippen molar-refractivity contribution in [3.05, 3.63) is 0 Å². The molecule has 2 heterocycles. The van der Waals surface area contributed by atoms with Crippen LogP contribution >= 0.6 is 0 Å². The summed E-state index contributed by atoms with van der Waals surface area (Å²) >= 11 is 0. The molecule has 2 atom stereocenters. The number of hydrogen-bond acceptors (Lipinski definition) is 6. The first-order chi connectivity index (χ1) is 9.26. The summed E-state index contributed by atoms with van der Waals surface area (Å²) < 4.78 is 0. The summed E-state index contributed by atoms with van der Waals surface area (Å²) in [6.07, 6.45) is 3.77. The molecule has 104 valence electrons. The van der Waals surface area contributed by atoms with E-state index < -0.39 is 0 Å². The van der Waals surface area contributed by atoms with Gasteiger partial charge >= 0.3 is 0 Å². The first-order valence-corrected chi connectivity index (χ1v) is 7.19. The molecule has 1 aromatic heterocycles. The Kier molecular flexibility index (Phi) is 3.40. The molecule has 0 amide bonds. The van der Waals surface area contributed by atoms with Gasteiger partial charge in [-0.05, 0) is 31.1 Å². The third kappa shape index (κ3) is 2.88. The Morgan fingerprint density at radius 1 is 1.16 bits per heavy atom. The van der Waals surface area contributed by atoms with Gasteiger partial charge in [-0.15, -0.1) is 0 Å². The lowest BCUT2D eigenvalue weighted by atomic mass is 10.3. The molecule has 0 radical (unpaired) electrons. The first kappa shape index (κ1) is 12.4. The fraction of sp³-hybridized carbons (Fsp3) is 0.769. The Labute approximate surface area is 114 Å². The molecule has 0 aromatic carbocycles. The SMILES string of the molecule is CNc1nc(NCC2CC2C)nc(N2CCCC2)n1. The van der Waals surface area contributed by atoms with Gasteiger partial charge < -0.3 is 15.5 Å². The van der Waals surface area contributed by atoms with Gasteiger partial charge in [-0.25, -0.2) is 0 Å². The van der Waals surface area contributed by atoms with E-state index in [2.05, 4.69) is 37.4 Å². The van der Waals surface area contributed by atoms with Gasteiger partial charge in [-0.1, -0.05) is 6.92 Å². The lowest BCUT2D eigenvalue weighted by Crippen LogP contribution is -2.22. The van der Waals surface area contributed by atoms with Crippen LogP contribution in [0.5, 0.6) is 0 Å². The summed E-state index contributed by atoms with van der Waals surface area (Å²) in [5.74, 6) is 3.76. The number of rotatable bonds is 5. The van der Waals surface area contributed by atoms with Gasteiger partial charge in [-0.2, -0.15) is 15.0 Å². The molecule has 2 fully saturated rings. The molecule has 2 N–H and O–H groups in total. The highest BCUT2D eigenvalue weighted by molar-refractivity contribution is 5.44. The van der Waals surface area contributed by atoms with E-state index in [4.69, 9.17) is 0 Å². The average Bonchev–Trinajstić information content (AvgIpc) is 2.93. The smallest absolute Gasteiger partial charge is 0.231 e. The van der Waals surface area contributed by atoms with Crippen LogP contribution in [0.2, 0.25) is 0 Å².